The summed E-state index contributed by atoms with van der Waals surface area (Å²) in [6.45, 7) is 18.9. The molecule has 0 atom stereocenters. The number of pyridine rings is 2. The number of rotatable bonds is 8. The van der Waals surface area contributed by atoms with Gasteiger partial charge in [-0.2, -0.15) is 0 Å². The van der Waals surface area contributed by atoms with Gasteiger partial charge in [-0.3, -0.25) is 14.8 Å². The molecule has 4 nitrogen and oxygen atoms in total. The molecule has 1 N–H and O–H groups in total. The van der Waals surface area contributed by atoms with Gasteiger partial charge in [0.25, 0.3) is 0 Å². The maximum Gasteiger partial charge on any atom is 0.164 e. The quantitative estimate of drug-likeness (QED) is 0.0960. The molecule has 0 saturated heterocycles. The normalized spacial score (nSPS) is 13.3. The van der Waals surface area contributed by atoms with E-state index in [-0.39, 0.29) is 47.9 Å². The number of benzene rings is 2. The molecule has 1 radical (unpaired) electrons. The monoisotopic (exact) mass is 852 g/mol. The van der Waals surface area contributed by atoms with Gasteiger partial charge < -0.3 is 5.11 Å². The Kier molecular flexibility index (Phi) is 12.1. The molecule has 0 spiro atoms. The van der Waals surface area contributed by atoms with E-state index in [0.717, 1.165) is 55.2 Å². The molecule has 0 bridgehead atoms. The molecular weight excluding hydrogens is 801 g/mol. The fraction of sp³-hybridized carbons (Fsp3) is 0.419. The van der Waals surface area contributed by atoms with Crippen LogP contribution in [0, 0.1) is 16.9 Å². The van der Waals surface area contributed by atoms with Gasteiger partial charge in [-0.1, -0.05) is 91.5 Å². The molecule has 0 saturated carbocycles. The molecule has 49 heavy (non-hydrogen) atoms. The number of hydrogen-bond acceptors (Lipinski definition) is 5. The first-order chi connectivity index (χ1) is 22.8. The second kappa shape index (κ2) is 15.4. The van der Waals surface area contributed by atoms with Crippen molar-refractivity contribution in [3.63, 3.8) is 0 Å². The van der Waals surface area contributed by atoms with Crippen LogP contribution in [0.15, 0.2) is 72.9 Å². The van der Waals surface area contributed by atoms with Gasteiger partial charge in [0, 0.05) is 76.4 Å². The first-order valence-electron chi connectivity index (χ1n) is 17.5. The molecular formula is C43H51IrN2O2S-. The summed E-state index contributed by atoms with van der Waals surface area (Å²) in [5, 5.41) is 13.9. The Morgan fingerprint density at radius 3 is 2.22 bits per heavy atom. The van der Waals surface area contributed by atoms with E-state index < -0.39 is 0 Å². The molecule has 261 valence electrons. The van der Waals surface area contributed by atoms with Crippen molar-refractivity contribution in [2.45, 2.75) is 106 Å². The number of hydrogen-bond donors (Lipinski definition) is 1. The van der Waals surface area contributed by atoms with Crippen LogP contribution in [0.4, 0.5) is 0 Å². The molecule has 0 unspecified atom stereocenters. The second-order valence-electron chi connectivity index (χ2n) is 14.8. The number of nitrogens with zero attached hydrogens (tertiary/aromatic N) is 2. The molecule has 3 aromatic heterocycles. The number of aromatic nitrogens is 2. The summed E-state index contributed by atoms with van der Waals surface area (Å²) in [5.41, 5.74) is 7.03. The second-order valence-corrected chi connectivity index (χ2v) is 15.8. The van der Waals surface area contributed by atoms with E-state index in [1.807, 2.05) is 71.5 Å². The molecule has 0 aliphatic heterocycles. The van der Waals surface area contributed by atoms with E-state index in [2.05, 4.69) is 74.3 Å². The van der Waals surface area contributed by atoms with E-state index in [9.17, 15) is 9.90 Å². The summed E-state index contributed by atoms with van der Waals surface area (Å²) in [5.74, 6) is 0.286. The van der Waals surface area contributed by atoms with Gasteiger partial charge in [-0.15, -0.1) is 40.5 Å². The van der Waals surface area contributed by atoms with E-state index in [1.54, 1.807) is 0 Å². The average molecular weight is 852 g/mol. The van der Waals surface area contributed by atoms with Gasteiger partial charge in [0.05, 0.1) is 0 Å². The van der Waals surface area contributed by atoms with Crippen molar-refractivity contribution in [2.24, 2.45) is 10.8 Å². The van der Waals surface area contributed by atoms with Crippen molar-refractivity contribution >= 4 is 38.0 Å². The van der Waals surface area contributed by atoms with Crippen molar-refractivity contribution in [3.8, 4) is 21.7 Å². The predicted molar refractivity (Wildman–Crippen MR) is 204 cm³/mol. The molecule has 5 aromatic rings. The minimum atomic E-state index is -0.337. The Morgan fingerprint density at radius 1 is 0.898 bits per heavy atom. The number of aryl methyl sites for hydroxylation is 2. The fourth-order valence-electron chi connectivity index (χ4n) is 6.50. The van der Waals surface area contributed by atoms with Crippen LogP contribution in [0.2, 0.25) is 0 Å². The first kappa shape index (κ1) is 38.6. The van der Waals surface area contributed by atoms with E-state index in [4.69, 9.17) is 4.98 Å². The minimum absolute atomic E-state index is 0. The molecule has 3 heterocycles. The number of allylic oxidation sites excluding steroid dienone is 2. The van der Waals surface area contributed by atoms with Gasteiger partial charge in [0.1, 0.15) is 5.76 Å². The molecule has 1 aliphatic carbocycles. The minimum Gasteiger partial charge on any atom is -0.512 e. The Balaban J connectivity index is 0.000000260. The van der Waals surface area contributed by atoms with Crippen molar-refractivity contribution in [3.05, 3.63) is 95.6 Å². The summed E-state index contributed by atoms with van der Waals surface area (Å²) >= 11 is 1.86. The summed E-state index contributed by atoms with van der Waals surface area (Å²) in [6.07, 6.45) is 12.8. The zero-order chi connectivity index (χ0) is 34.9. The summed E-state index contributed by atoms with van der Waals surface area (Å²) in [7, 11) is 0. The Hall–Kier alpha value is -3.18. The number of thiophene rings is 1. The van der Waals surface area contributed by atoms with Crippen LogP contribution in [-0.4, -0.2) is 20.9 Å². The number of aliphatic hydroxyl groups is 1. The first-order valence-corrected chi connectivity index (χ1v) is 18.4. The van der Waals surface area contributed by atoms with E-state index in [1.165, 1.54) is 48.7 Å². The molecule has 6 heteroatoms. The van der Waals surface area contributed by atoms with Gasteiger partial charge in [-0.25, -0.2) is 0 Å². The van der Waals surface area contributed by atoms with Gasteiger partial charge in [0.2, 0.25) is 0 Å². The fourth-order valence-corrected chi connectivity index (χ4v) is 7.89. The third-order valence-electron chi connectivity index (χ3n) is 10.9. The number of carbonyl (C=O) groups is 1. The molecule has 1 aliphatic rings. The van der Waals surface area contributed by atoms with Crippen molar-refractivity contribution in [1.29, 1.82) is 0 Å². The zero-order valence-electron chi connectivity index (χ0n) is 30.6. The summed E-state index contributed by atoms with van der Waals surface area (Å²) < 4.78 is 1.26. The number of aliphatic hydroxyl groups excluding tert-OH is 1. The van der Waals surface area contributed by atoms with Crippen LogP contribution >= 0.6 is 11.3 Å². The predicted octanol–water partition coefficient (Wildman–Crippen LogP) is 12.0. The number of fused-ring (bicyclic) bond motifs is 6. The van der Waals surface area contributed by atoms with Crippen molar-refractivity contribution in [2.75, 3.05) is 0 Å². The standard InChI is InChI=1S/C28H23N2S.C15H28O2.Ir/c1-28(2,3)24-15-19(14-18-6-4-5-7-20(18)24)25-27-22(11-13-30-25)21-9-8-17-10-12-29-16-23(17)26(21)31-27;1-7-14(5,8-2)12(16)11-13(17)15(6,9-3)10-4;/h4-7,10-13,15-16H,8-9H2,1-3H3;11,16H,7-10H2,1-6H3;/q-1;;/b;12-11-;. The number of ketones is 1. The third-order valence-corrected chi connectivity index (χ3v) is 12.2. The summed E-state index contributed by atoms with van der Waals surface area (Å²) in [6, 6.07) is 18.9. The molecule has 0 amide bonds. The smallest absolute Gasteiger partial charge is 0.164 e. The molecule has 0 fully saturated rings. The number of carbonyl (C=O) groups excluding carboxylic acids is 1. The van der Waals surface area contributed by atoms with E-state index >= 15 is 0 Å². The Morgan fingerprint density at radius 2 is 1.57 bits per heavy atom. The van der Waals surface area contributed by atoms with Crippen LogP contribution in [-0.2, 0) is 43.2 Å². The van der Waals surface area contributed by atoms with Gasteiger partial charge in [0.15, 0.2) is 5.78 Å². The van der Waals surface area contributed by atoms with E-state index in [0.29, 0.717) is 0 Å². The topological polar surface area (TPSA) is 63.1 Å². The molecule has 6 rings (SSSR count). The average Bonchev–Trinajstić information content (AvgIpc) is 3.49. The summed E-state index contributed by atoms with van der Waals surface area (Å²) in [4.78, 5) is 22.8. The largest absolute Gasteiger partial charge is 0.512 e. The van der Waals surface area contributed by atoms with Crippen LogP contribution in [0.5, 0.6) is 0 Å². The molecule has 2 aromatic carbocycles. The van der Waals surface area contributed by atoms with Crippen LogP contribution in [0.3, 0.4) is 0 Å². The van der Waals surface area contributed by atoms with Crippen molar-refractivity contribution < 1.29 is 30.0 Å². The maximum atomic E-state index is 12.2. The SMILES string of the molecule is CC(C)(C)c1cc(-c2nccc3c4c(sc23)-c2cnccc2CC4)[c-]c2ccccc12.CCC(C)(CC)C(=O)/C=C(\O)C(C)(CC)CC.[Ir]. The third kappa shape index (κ3) is 7.62. The van der Waals surface area contributed by atoms with Crippen LogP contribution < -0.4 is 0 Å². The van der Waals surface area contributed by atoms with Gasteiger partial charge >= 0.3 is 0 Å². The van der Waals surface area contributed by atoms with Crippen molar-refractivity contribution in [1.82, 2.24) is 9.97 Å². The van der Waals surface area contributed by atoms with Crippen LogP contribution in [0.25, 0.3) is 42.6 Å². The Labute approximate surface area is 310 Å². The zero-order valence-corrected chi connectivity index (χ0v) is 33.8. The maximum absolute atomic E-state index is 12.2. The van der Waals surface area contributed by atoms with Gasteiger partial charge in [-0.05, 0) is 72.6 Å². The van der Waals surface area contributed by atoms with Crippen LogP contribution in [0.1, 0.15) is 105 Å². The Bertz CT molecular complexity index is 1980.